The van der Waals surface area contributed by atoms with Crippen molar-refractivity contribution < 1.29 is 4.79 Å². The molecule has 0 saturated heterocycles. The van der Waals surface area contributed by atoms with Crippen LogP contribution in [0.4, 0.5) is 0 Å². The molecule has 1 N–H and O–H groups in total. The molecule has 0 bridgehead atoms. The summed E-state index contributed by atoms with van der Waals surface area (Å²) in [6.45, 7) is 0. The van der Waals surface area contributed by atoms with Gasteiger partial charge in [-0.15, -0.1) is 0 Å². The van der Waals surface area contributed by atoms with Crippen LogP contribution in [0.2, 0.25) is 0 Å². The molecule has 0 heterocycles. The smallest absolute Gasteiger partial charge is 0.262 e. The number of benzene rings is 2. The molecule has 3 heteroatoms. The highest BCUT2D eigenvalue weighted by molar-refractivity contribution is 6.02. The number of rotatable bonds is 3. The summed E-state index contributed by atoms with van der Waals surface area (Å²) in [7, 11) is 0. The molecular weight excluding hydrogens is 272 g/mol. The first-order valence-corrected chi connectivity index (χ1v) is 7.68. The minimum atomic E-state index is -0.262. The Bertz CT molecular complexity index is 764. The van der Waals surface area contributed by atoms with Gasteiger partial charge in [0, 0.05) is 6.04 Å². The lowest BCUT2D eigenvalue weighted by atomic mass is 10.0. The largest absolute Gasteiger partial charge is 0.349 e. The Balaban J connectivity index is 1.82. The quantitative estimate of drug-likeness (QED) is 0.690. The van der Waals surface area contributed by atoms with Gasteiger partial charge in [-0.05, 0) is 41.3 Å². The second kappa shape index (κ2) is 6.44. The summed E-state index contributed by atoms with van der Waals surface area (Å²) in [5.41, 5.74) is 1.04. The highest BCUT2D eigenvalue weighted by Gasteiger charge is 2.19. The van der Waals surface area contributed by atoms with Crippen LogP contribution in [0.25, 0.3) is 16.8 Å². The topological polar surface area (TPSA) is 52.9 Å². The molecule has 0 radical (unpaired) electrons. The van der Waals surface area contributed by atoms with Gasteiger partial charge in [-0.3, -0.25) is 4.79 Å². The summed E-state index contributed by atoms with van der Waals surface area (Å²) in [4.78, 5) is 12.2. The zero-order chi connectivity index (χ0) is 15.4. The molecular formula is C19H18N2O. The van der Waals surface area contributed by atoms with Gasteiger partial charge in [0.05, 0.1) is 0 Å². The van der Waals surface area contributed by atoms with Crippen molar-refractivity contribution in [3.63, 3.8) is 0 Å². The maximum atomic E-state index is 12.2. The van der Waals surface area contributed by atoms with E-state index in [2.05, 4.69) is 5.32 Å². The number of amides is 1. The first-order valence-electron chi connectivity index (χ1n) is 7.68. The summed E-state index contributed by atoms with van der Waals surface area (Å²) in [6, 6.07) is 16.2. The number of fused-ring (bicyclic) bond motifs is 1. The highest BCUT2D eigenvalue weighted by Crippen LogP contribution is 2.19. The molecule has 0 aromatic heterocycles. The Kier molecular flexibility index (Phi) is 4.20. The van der Waals surface area contributed by atoms with Crippen molar-refractivity contribution in [3.8, 4) is 6.07 Å². The predicted octanol–water partition coefficient (Wildman–Crippen LogP) is 3.81. The number of carbonyl (C=O) groups is 1. The Morgan fingerprint density at radius 1 is 1.14 bits per heavy atom. The second-order valence-electron chi connectivity index (χ2n) is 5.73. The number of nitrogens with zero attached hydrogens (tertiary/aromatic N) is 1. The van der Waals surface area contributed by atoms with E-state index in [4.69, 9.17) is 0 Å². The Morgan fingerprint density at radius 2 is 1.86 bits per heavy atom. The Labute approximate surface area is 130 Å². The Hall–Kier alpha value is -2.60. The van der Waals surface area contributed by atoms with E-state index < -0.39 is 0 Å². The maximum absolute atomic E-state index is 12.2. The van der Waals surface area contributed by atoms with E-state index in [1.165, 1.54) is 0 Å². The van der Waals surface area contributed by atoms with Gasteiger partial charge in [-0.25, -0.2) is 0 Å². The van der Waals surface area contributed by atoms with Crippen molar-refractivity contribution >= 4 is 22.8 Å². The molecule has 1 aliphatic carbocycles. The van der Waals surface area contributed by atoms with Crippen molar-refractivity contribution in [2.75, 3.05) is 0 Å². The molecule has 3 rings (SSSR count). The summed E-state index contributed by atoms with van der Waals surface area (Å²) in [5, 5.41) is 14.5. The molecule has 0 spiro atoms. The summed E-state index contributed by atoms with van der Waals surface area (Å²) < 4.78 is 0. The van der Waals surface area contributed by atoms with Crippen LogP contribution >= 0.6 is 0 Å². The fraction of sp³-hybridized carbons (Fsp3) is 0.263. The van der Waals surface area contributed by atoms with Crippen molar-refractivity contribution in [2.24, 2.45) is 0 Å². The normalized spacial score (nSPS) is 15.7. The van der Waals surface area contributed by atoms with E-state index in [1.807, 2.05) is 48.5 Å². The zero-order valence-electron chi connectivity index (χ0n) is 12.4. The van der Waals surface area contributed by atoms with Gasteiger partial charge < -0.3 is 5.32 Å². The number of hydrogen-bond acceptors (Lipinski definition) is 2. The third-order valence-electron chi connectivity index (χ3n) is 4.14. The summed E-state index contributed by atoms with van der Waals surface area (Å²) >= 11 is 0. The molecule has 1 fully saturated rings. The van der Waals surface area contributed by atoms with Crippen LogP contribution in [0.5, 0.6) is 0 Å². The predicted molar refractivity (Wildman–Crippen MR) is 87.9 cm³/mol. The third kappa shape index (κ3) is 3.17. The van der Waals surface area contributed by atoms with Crippen LogP contribution in [-0.2, 0) is 4.79 Å². The monoisotopic (exact) mass is 290 g/mol. The van der Waals surface area contributed by atoms with Gasteiger partial charge in [0.1, 0.15) is 11.6 Å². The first kappa shape index (κ1) is 14.3. The summed E-state index contributed by atoms with van der Waals surface area (Å²) in [6.07, 6.45) is 6.00. The van der Waals surface area contributed by atoms with Crippen LogP contribution in [0, 0.1) is 11.3 Å². The van der Waals surface area contributed by atoms with Crippen molar-refractivity contribution in [3.05, 3.63) is 53.6 Å². The van der Waals surface area contributed by atoms with Gasteiger partial charge in [0.15, 0.2) is 0 Å². The first-order chi connectivity index (χ1) is 10.8. The number of nitrogens with one attached hydrogen (secondary N) is 1. The minimum absolute atomic E-state index is 0.169. The fourth-order valence-corrected chi connectivity index (χ4v) is 2.95. The number of carbonyl (C=O) groups excluding carboxylic acids is 1. The molecule has 2 aromatic carbocycles. The fourth-order valence-electron chi connectivity index (χ4n) is 2.95. The molecule has 0 atom stereocenters. The van der Waals surface area contributed by atoms with E-state index >= 15 is 0 Å². The number of nitriles is 1. The van der Waals surface area contributed by atoms with E-state index in [0.29, 0.717) is 0 Å². The third-order valence-corrected chi connectivity index (χ3v) is 4.14. The van der Waals surface area contributed by atoms with Gasteiger partial charge in [-0.1, -0.05) is 49.2 Å². The van der Waals surface area contributed by atoms with Gasteiger partial charge >= 0.3 is 0 Å². The van der Waals surface area contributed by atoms with Gasteiger partial charge in [-0.2, -0.15) is 5.26 Å². The summed E-state index contributed by atoms with van der Waals surface area (Å²) in [5.74, 6) is -0.262. The van der Waals surface area contributed by atoms with Crippen molar-refractivity contribution in [1.29, 1.82) is 5.26 Å². The lowest BCUT2D eigenvalue weighted by Crippen LogP contribution is -2.33. The van der Waals surface area contributed by atoms with Crippen LogP contribution in [-0.4, -0.2) is 11.9 Å². The van der Waals surface area contributed by atoms with Crippen molar-refractivity contribution in [1.82, 2.24) is 5.32 Å². The van der Waals surface area contributed by atoms with Crippen molar-refractivity contribution in [2.45, 2.75) is 31.7 Å². The second-order valence-corrected chi connectivity index (χ2v) is 5.73. The standard InChI is InChI=1S/C19H18N2O/c20-13-17(19(22)21-18-7-3-4-8-18)12-14-9-10-15-5-1-2-6-16(15)11-14/h1-2,5-6,9-12,18H,3-4,7-8H2,(H,21,22)/b17-12+. The van der Waals surface area contributed by atoms with Gasteiger partial charge in [0.2, 0.25) is 0 Å². The Morgan fingerprint density at radius 3 is 2.59 bits per heavy atom. The molecule has 0 unspecified atom stereocenters. The van der Waals surface area contributed by atoms with E-state index in [-0.39, 0.29) is 17.5 Å². The zero-order valence-corrected chi connectivity index (χ0v) is 12.4. The molecule has 3 nitrogen and oxygen atoms in total. The highest BCUT2D eigenvalue weighted by atomic mass is 16.1. The maximum Gasteiger partial charge on any atom is 0.262 e. The van der Waals surface area contributed by atoms with Crippen LogP contribution in [0.1, 0.15) is 31.2 Å². The molecule has 110 valence electrons. The molecule has 1 saturated carbocycles. The van der Waals surface area contributed by atoms with Crippen LogP contribution in [0.15, 0.2) is 48.0 Å². The van der Waals surface area contributed by atoms with E-state index in [0.717, 1.165) is 42.0 Å². The number of hydrogen-bond donors (Lipinski definition) is 1. The molecule has 1 aliphatic rings. The van der Waals surface area contributed by atoms with E-state index in [1.54, 1.807) is 6.08 Å². The van der Waals surface area contributed by atoms with E-state index in [9.17, 15) is 10.1 Å². The SMILES string of the molecule is N#C/C(=C\c1ccc2ccccc2c1)C(=O)NC1CCCC1. The van der Waals surface area contributed by atoms with Crippen LogP contribution < -0.4 is 5.32 Å². The molecule has 1 amide bonds. The molecule has 2 aromatic rings. The average molecular weight is 290 g/mol. The van der Waals surface area contributed by atoms with Crippen LogP contribution in [0.3, 0.4) is 0 Å². The van der Waals surface area contributed by atoms with Gasteiger partial charge in [0.25, 0.3) is 5.91 Å². The minimum Gasteiger partial charge on any atom is -0.349 e. The lowest BCUT2D eigenvalue weighted by molar-refractivity contribution is -0.117. The average Bonchev–Trinajstić information content (AvgIpc) is 3.05. The lowest BCUT2D eigenvalue weighted by Gasteiger charge is -2.11. The molecule has 0 aliphatic heterocycles. The molecule has 22 heavy (non-hydrogen) atoms.